The van der Waals surface area contributed by atoms with Crippen LogP contribution in [-0.2, 0) is 0 Å². The molecule has 0 amide bonds. The highest BCUT2D eigenvalue weighted by Gasteiger charge is 2.16. The number of likely N-dealkylation sites (tertiary alicyclic amines) is 1. The molecule has 4 nitrogen and oxygen atoms in total. The number of nitrogens with one attached hydrogen (secondary N) is 2. The molecule has 0 atom stereocenters. The van der Waals surface area contributed by atoms with E-state index in [1.54, 1.807) is 0 Å². The molecule has 1 aliphatic carbocycles. The van der Waals surface area contributed by atoms with E-state index >= 15 is 0 Å². The molecule has 1 saturated heterocycles. The van der Waals surface area contributed by atoms with Gasteiger partial charge in [0.1, 0.15) is 0 Å². The highest BCUT2D eigenvalue weighted by Crippen LogP contribution is 2.17. The van der Waals surface area contributed by atoms with Crippen LogP contribution in [-0.4, -0.2) is 49.6 Å². The number of rotatable bonds is 5. The molecule has 1 saturated carbocycles. The van der Waals surface area contributed by atoms with Gasteiger partial charge in [0.15, 0.2) is 5.96 Å². The van der Waals surface area contributed by atoms with Crippen molar-refractivity contribution in [1.82, 2.24) is 15.5 Å². The van der Waals surface area contributed by atoms with E-state index in [9.17, 15) is 0 Å². The fourth-order valence-corrected chi connectivity index (χ4v) is 3.07. The summed E-state index contributed by atoms with van der Waals surface area (Å²) in [5, 5.41) is 6.94. The molecule has 0 aromatic carbocycles. The summed E-state index contributed by atoms with van der Waals surface area (Å²) in [5.74, 6) is 1.02. The van der Waals surface area contributed by atoms with Crippen LogP contribution in [0.4, 0.5) is 0 Å². The SMILES string of the molecule is CCNC(=NCCN1CCCCC1)NC1CCCC1. The Bertz CT molecular complexity index is 265. The highest BCUT2D eigenvalue weighted by atomic mass is 15.2. The number of hydrogen-bond acceptors (Lipinski definition) is 2. The van der Waals surface area contributed by atoms with Crippen molar-refractivity contribution in [2.45, 2.75) is 57.9 Å². The highest BCUT2D eigenvalue weighted by molar-refractivity contribution is 5.80. The minimum Gasteiger partial charge on any atom is -0.357 e. The van der Waals surface area contributed by atoms with E-state index in [2.05, 4.69) is 22.5 Å². The Morgan fingerprint density at radius 1 is 1.11 bits per heavy atom. The maximum atomic E-state index is 4.72. The van der Waals surface area contributed by atoms with Crippen LogP contribution in [0, 0.1) is 0 Å². The molecule has 0 unspecified atom stereocenters. The molecule has 1 heterocycles. The first-order valence-corrected chi connectivity index (χ1v) is 8.15. The Hall–Kier alpha value is -0.770. The van der Waals surface area contributed by atoms with Gasteiger partial charge >= 0.3 is 0 Å². The van der Waals surface area contributed by atoms with Crippen molar-refractivity contribution in [2.75, 3.05) is 32.7 Å². The Morgan fingerprint density at radius 3 is 2.53 bits per heavy atom. The van der Waals surface area contributed by atoms with Gasteiger partial charge in [0.25, 0.3) is 0 Å². The lowest BCUT2D eigenvalue weighted by atomic mass is 10.1. The molecule has 2 aliphatic rings. The second-order valence-corrected chi connectivity index (χ2v) is 5.79. The lowest BCUT2D eigenvalue weighted by Gasteiger charge is -2.25. The summed E-state index contributed by atoms with van der Waals surface area (Å²) >= 11 is 0. The molecule has 0 radical (unpaired) electrons. The molecule has 4 heteroatoms. The third-order valence-corrected chi connectivity index (χ3v) is 4.18. The number of aliphatic imine (C=N–C) groups is 1. The average molecular weight is 266 g/mol. The summed E-state index contributed by atoms with van der Waals surface area (Å²) in [5.41, 5.74) is 0. The van der Waals surface area contributed by atoms with Gasteiger partial charge in [-0.25, -0.2) is 0 Å². The number of hydrogen-bond donors (Lipinski definition) is 2. The second kappa shape index (κ2) is 8.41. The maximum absolute atomic E-state index is 4.72. The lowest BCUT2D eigenvalue weighted by molar-refractivity contribution is 0.235. The van der Waals surface area contributed by atoms with Gasteiger partial charge in [0.2, 0.25) is 0 Å². The minimum absolute atomic E-state index is 0.646. The van der Waals surface area contributed by atoms with Crippen LogP contribution in [0.1, 0.15) is 51.9 Å². The van der Waals surface area contributed by atoms with Gasteiger partial charge in [-0.05, 0) is 45.7 Å². The van der Waals surface area contributed by atoms with Gasteiger partial charge < -0.3 is 15.5 Å². The van der Waals surface area contributed by atoms with Gasteiger partial charge in [-0.1, -0.05) is 19.3 Å². The van der Waals surface area contributed by atoms with Gasteiger partial charge in [-0.2, -0.15) is 0 Å². The van der Waals surface area contributed by atoms with Crippen LogP contribution in [0.3, 0.4) is 0 Å². The normalized spacial score (nSPS) is 22.7. The summed E-state index contributed by atoms with van der Waals surface area (Å²) in [7, 11) is 0. The van der Waals surface area contributed by atoms with Gasteiger partial charge in [-0.3, -0.25) is 4.99 Å². The molecule has 0 spiro atoms. The van der Waals surface area contributed by atoms with Crippen molar-refractivity contribution in [3.05, 3.63) is 0 Å². The van der Waals surface area contributed by atoms with Crippen molar-refractivity contribution < 1.29 is 0 Å². The van der Waals surface area contributed by atoms with E-state index in [4.69, 9.17) is 4.99 Å². The fraction of sp³-hybridized carbons (Fsp3) is 0.933. The lowest BCUT2D eigenvalue weighted by Crippen LogP contribution is -2.43. The molecule has 2 fully saturated rings. The maximum Gasteiger partial charge on any atom is 0.191 e. The van der Waals surface area contributed by atoms with Gasteiger partial charge in [0, 0.05) is 19.1 Å². The summed E-state index contributed by atoms with van der Waals surface area (Å²) in [4.78, 5) is 7.27. The summed E-state index contributed by atoms with van der Waals surface area (Å²) in [6.45, 7) is 7.65. The molecule has 19 heavy (non-hydrogen) atoms. The number of guanidine groups is 1. The van der Waals surface area contributed by atoms with Crippen molar-refractivity contribution in [3.8, 4) is 0 Å². The van der Waals surface area contributed by atoms with Crippen molar-refractivity contribution >= 4 is 5.96 Å². The summed E-state index contributed by atoms with van der Waals surface area (Å²) in [6.07, 6.45) is 9.47. The Balaban J connectivity index is 1.71. The zero-order valence-corrected chi connectivity index (χ0v) is 12.5. The number of nitrogens with zero attached hydrogens (tertiary/aromatic N) is 2. The van der Waals surface area contributed by atoms with Crippen LogP contribution in [0.25, 0.3) is 0 Å². The topological polar surface area (TPSA) is 39.7 Å². The molecule has 110 valence electrons. The van der Waals surface area contributed by atoms with E-state index in [0.29, 0.717) is 6.04 Å². The Kier molecular flexibility index (Phi) is 6.48. The van der Waals surface area contributed by atoms with Crippen LogP contribution in [0.5, 0.6) is 0 Å². The molecule has 2 N–H and O–H groups in total. The van der Waals surface area contributed by atoms with Gasteiger partial charge in [0.05, 0.1) is 6.54 Å². The van der Waals surface area contributed by atoms with Crippen LogP contribution < -0.4 is 10.6 Å². The zero-order chi connectivity index (χ0) is 13.3. The van der Waals surface area contributed by atoms with Crippen LogP contribution in [0.2, 0.25) is 0 Å². The smallest absolute Gasteiger partial charge is 0.191 e. The predicted octanol–water partition coefficient (Wildman–Crippen LogP) is 1.97. The summed E-state index contributed by atoms with van der Waals surface area (Å²) in [6, 6.07) is 0.646. The number of piperidine rings is 1. The third-order valence-electron chi connectivity index (χ3n) is 4.18. The third kappa shape index (κ3) is 5.39. The predicted molar refractivity (Wildman–Crippen MR) is 81.7 cm³/mol. The molecule has 2 rings (SSSR count). The van der Waals surface area contributed by atoms with E-state index in [1.165, 1.54) is 58.0 Å². The monoisotopic (exact) mass is 266 g/mol. The van der Waals surface area contributed by atoms with Crippen LogP contribution >= 0.6 is 0 Å². The molecular weight excluding hydrogens is 236 g/mol. The van der Waals surface area contributed by atoms with Crippen molar-refractivity contribution in [1.29, 1.82) is 0 Å². The quantitative estimate of drug-likeness (QED) is 0.590. The zero-order valence-electron chi connectivity index (χ0n) is 12.5. The average Bonchev–Trinajstić information content (AvgIpc) is 2.93. The fourth-order valence-electron chi connectivity index (χ4n) is 3.07. The second-order valence-electron chi connectivity index (χ2n) is 5.79. The summed E-state index contributed by atoms with van der Waals surface area (Å²) < 4.78 is 0. The van der Waals surface area contributed by atoms with E-state index in [0.717, 1.165) is 25.6 Å². The van der Waals surface area contributed by atoms with E-state index in [1.807, 2.05) is 0 Å². The largest absolute Gasteiger partial charge is 0.357 e. The first-order valence-electron chi connectivity index (χ1n) is 8.15. The molecule has 1 aliphatic heterocycles. The minimum atomic E-state index is 0.646. The van der Waals surface area contributed by atoms with E-state index in [-0.39, 0.29) is 0 Å². The Morgan fingerprint density at radius 2 is 1.84 bits per heavy atom. The molecule has 0 aromatic heterocycles. The standard InChI is InChI=1S/C15H30N4/c1-2-16-15(18-14-8-4-5-9-14)17-10-13-19-11-6-3-7-12-19/h14H,2-13H2,1H3,(H2,16,17,18). The van der Waals surface area contributed by atoms with Gasteiger partial charge in [-0.15, -0.1) is 0 Å². The van der Waals surface area contributed by atoms with Crippen LogP contribution in [0.15, 0.2) is 4.99 Å². The molecule has 0 aromatic rings. The Labute approximate surface area is 118 Å². The molecule has 0 bridgehead atoms. The first-order chi connectivity index (χ1) is 9.38. The van der Waals surface area contributed by atoms with E-state index < -0.39 is 0 Å². The van der Waals surface area contributed by atoms with Crippen molar-refractivity contribution in [3.63, 3.8) is 0 Å². The molecular formula is C15H30N4. The first kappa shape index (κ1) is 14.6. The van der Waals surface area contributed by atoms with Crippen molar-refractivity contribution in [2.24, 2.45) is 4.99 Å².